The summed E-state index contributed by atoms with van der Waals surface area (Å²) >= 11 is 0. The minimum absolute atomic E-state index is 0.0344. The Balaban J connectivity index is 1.24. The molecule has 1 amide bonds. The second-order valence-corrected chi connectivity index (χ2v) is 21.8. The molecule has 240 valence electrons. The molecule has 4 saturated carbocycles. The molecule has 2 bridgehead atoms. The second-order valence-electron chi connectivity index (χ2n) is 17.1. The minimum Gasteiger partial charge on any atom is -0.444 e. The van der Waals surface area contributed by atoms with Crippen molar-refractivity contribution >= 4 is 25.9 Å². The number of anilines is 2. The van der Waals surface area contributed by atoms with Gasteiger partial charge in [0.1, 0.15) is 17.1 Å². The molecular weight excluding hydrogens is 567 g/mol. The maximum absolute atomic E-state index is 12.2. The Morgan fingerprint density at radius 1 is 1.05 bits per heavy atom. The fraction of sp³-hybridized carbons (Fsp3) is 0.686. The predicted molar refractivity (Wildman–Crippen MR) is 179 cm³/mol. The molecule has 2 heterocycles. The first-order valence-corrected chi connectivity index (χ1v) is 19.1. The van der Waals surface area contributed by atoms with Crippen LogP contribution in [0.15, 0.2) is 24.4 Å². The van der Waals surface area contributed by atoms with Crippen LogP contribution < -0.4 is 10.6 Å². The van der Waals surface area contributed by atoms with Crippen LogP contribution in [0.25, 0.3) is 0 Å². The van der Waals surface area contributed by atoms with E-state index in [-0.39, 0.29) is 27.6 Å². The number of carbonyl (C=O) groups is 1. The summed E-state index contributed by atoms with van der Waals surface area (Å²) in [5.41, 5.74) is 1.93. The van der Waals surface area contributed by atoms with Gasteiger partial charge in [0.05, 0.1) is 11.2 Å². The molecule has 0 saturated heterocycles. The molecule has 2 aromatic rings. The zero-order chi connectivity index (χ0) is 32.3. The van der Waals surface area contributed by atoms with E-state index in [1.165, 1.54) is 0 Å². The average Bonchev–Trinajstić information content (AvgIpc) is 3.45. The van der Waals surface area contributed by atoms with Crippen molar-refractivity contribution in [2.45, 2.75) is 148 Å². The lowest BCUT2D eigenvalue weighted by Crippen LogP contribution is -2.74. The molecule has 4 fully saturated rings. The number of nitrogens with one attached hydrogen (secondary N) is 2. The van der Waals surface area contributed by atoms with Crippen molar-refractivity contribution in [3.05, 3.63) is 35.8 Å². The number of rotatable bonds is 6. The highest BCUT2D eigenvalue weighted by Gasteiger charge is 2.68. The monoisotopic (exact) mass is 619 g/mol. The second kappa shape index (κ2) is 10.9. The van der Waals surface area contributed by atoms with Crippen LogP contribution in [0.2, 0.25) is 18.1 Å². The van der Waals surface area contributed by atoms with Crippen molar-refractivity contribution in [3.8, 4) is 11.8 Å². The van der Waals surface area contributed by atoms with Crippen molar-refractivity contribution in [1.82, 2.24) is 20.1 Å². The molecule has 2 atom stereocenters. The van der Waals surface area contributed by atoms with Gasteiger partial charge in [0, 0.05) is 40.9 Å². The zero-order valence-electron chi connectivity index (χ0n) is 28.8. The Morgan fingerprint density at radius 2 is 1.73 bits per heavy atom. The molecule has 0 aliphatic heterocycles. The SMILES string of the molecule is CC(C)(C)OC(=O)NC12CC(C#Cc3cc(Nc4cc([C@H]5CC[C@@H](O[Si](C)(C)C(C)(C)C)C5)nn4C(C)(C)C)ccn3)(C1)C2. The number of aromatic nitrogens is 3. The van der Waals surface area contributed by atoms with Gasteiger partial charge < -0.3 is 19.8 Å². The molecule has 0 radical (unpaired) electrons. The summed E-state index contributed by atoms with van der Waals surface area (Å²) in [5, 5.41) is 12.0. The molecule has 2 aromatic heterocycles. The normalized spacial score (nSPS) is 26.6. The number of hydrogen-bond acceptors (Lipinski definition) is 6. The van der Waals surface area contributed by atoms with Gasteiger partial charge in [0.25, 0.3) is 0 Å². The molecule has 9 heteroatoms. The van der Waals surface area contributed by atoms with E-state index in [0.29, 0.717) is 12.0 Å². The summed E-state index contributed by atoms with van der Waals surface area (Å²) in [6, 6.07) is 6.20. The van der Waals surface area contributed by atoms with E-state index in [0.717, 1.165) is 61.4 Å². The van der Waals surface area contributed by atoms with Gasteiger partial charge >= 0.3 is 6.09 Å². The van der Waals surface area contributed by atoms with Crippen molar-refractivity contribution in [3.63, 3.8) is 0 Å². The fourth-order valence-electron chi connectivity index (χ4n) is 6.60. The molecule has 6 rings (SSSR count). The van der Waals surface area contributed by atoms with Gasteiger partial charge in [-0.25, -0.2) is 14.5 Å². The Morgan fingerprint density at radius 3 is 2.34 bits per heavy atom. The molecule has 2 N–H and O–H groups in total. The summed E-state index contributed by atoms with van der Waals surface area (Å²) in [6.07, 6.45) is 7.57. The quantitative estimate of drug-likeness (QED) is 0.250. The largest absolute Gasteiger partial charge is 0.444 e. The van der Waals surface area contributed by atoms with Gasteiger partial charge in [0.15, 0.2) is 8.32 Å². The third-order valence-corrected chi connectivity index (χ3v) is 14.3. The van der Waals surface area contributed by atoms with Crippen molar-refractivity contribution in [2.24, 2.45) is 5.41 Å². The lowest BCUT2D eigenvalue weighted by molar-refractivity contribution is -0.107. The standard InChI is InChI=1S/C35H53N5O3Si/c1-31(2,3)40-29(20-28(39-40)24-12-13-27(18-24)43-44(10,11)33(7,8)9)37-26-15-17-36-25(19-26)14-16-34-21-35(22-34,23-34)38-30(41)42-32(4,5)6/h15,17,19-20,24,27H,12-13,18,21-23H2,1-11H3,(H,36,37)(H,38,41)/t24-,27+,34?,35?/m0/s1. The number of nitrogens with zero attached hydrogens (tertiary/aromatic N) is 3. The maximum atomic E-state index is 12.2. The zero-order valence-corrected chi connectivity index (χ0v) is 29.8. The number of hydrogen-bond donors (Lipinski definition) is 2. The number of pyridine rings is 1. The lowest BCUT2D eigenvalue weighted by atomic mass is 9.40. The summed E-state index contributed by atoms with van der Waals surface area (Å²) in [6.45, 7) is 23.8. The van der Waals surface area contributed by atoms with E-state index in [4.69, 9.17) is 14.3 Å². The van der Waals surface area contributed by atoms with Crippen LogP contribution >= 0.6 is 0 Å². The number of alkyl carbamates (subject to hydrolysis) is 1. The summed E-state index contributed by atoms with van der Waals surface area (Å²) in [7, 11) is -1.80. The Bertz CT molecular complexity index is 1440. The van der Waals surface area contributed by atoms with E-state index in [2.05, 4.69) is 92.8 Å². The van der Waals surface area contributed by atoms with Crippen LogP contribution in [0.3, 0.4) is 0 Å². The van der Waals surface area contributed by atoms with Crippen LogP contribution in [-0.2, 0) is 14.7 Å². The summed E-state index contributed by atoms with van der Waals surface area (Å²) in [4.78, 5) is 16.7. The molecule has 44 heavy (non-hydrogen) atoms. The highest BCUT2D eigenvalue weighted by molar-refractivity contribution is 6.74. The first-order valence-electron chi connectivity index (χ1n) is 16.2. The van der Waals surface area contributed by atoms with Gasteiger partial charge in [-0.2, -0.15) is 5.10 Å². The molecule has 4 aliphatic rings. The molecule has 4 aliphatic carbocycles. The Labute approximate surface area is 265 Å². The summed E-state index contributed by atoms with van der Waals surface area (Å²) in [5.74, 6) is 8.14. The van der Waals surface area contributed by atoms with E-state index in [1.54, 1.807) is 6.20 Å². The fourth-order valence-corrected chi connectivity index (χ4v) is 8.00. The van der Waals surface area contributed by atoms with Crippen molar-refractivity contribution in [2.75, 3.05) is 5.32 Å². The summed E-state index contributed by atoms with van der Waals surface area (Å²) < 4.78 is 14.3. The van der Waals surface area contributed by atoms with Crippen molar-refractivity contribution < 1.29 is 14.0 Å². The van der Waals surface area contributed by atoms with Crippen LogP contribution in [0.5, 0.6) is 0 Å². The Hall–Kier alpha value is -2.83. The van der Waals surface area contributed by atoms with E-state index >= 15 is 0 Å². The lowest BCUT2D eigenvalue weighted by Gasteiger charge is -2.67. The molecule has 0 spiro atoms. The Kier molecular flexibility index (Phi) is 8.07. The third kappa shape index (κ3) is 7.02. The average molecular weight is 620 g/mol. The van der Waals surface area contributed by atoms with E-state index in [9.17, 15) is 4.79 Å². The van der Waals surface area contributed by atoms with Crippen LogP contribution in [0, 0.1) is 17.3 Å². The van der Waals surface area contributed by atoms with E-state index < -0.39 is 13.9 Å². The number of carbonyl (C=O) groups excluding carboxylic acids is 1. The topological polar surface area (TPSA) is 90.3 Å². The molecule has 0 unspecified atom stereocenters. The third-order valence-electron chi connectivity index (χ3n) is 9.72. The number of ether oxygens (including phenoxy) is 1. The predicted octanol–water partition coefficient (Wildman–Crippen LogP) is 8.23. The molecule has 0 aromatic carbocycles. The molecular formula is C35H53N5O3Si. The van der Waals surface area contributed by atoms with Gasteiger partial charge in [0.2, 0.25) is 0 Å². The first kappa shape index (κ1) is 32.6. The number of amides is 1. The maximum Gasteiger partial charge on any atom is 0.408 e. The van der Waals surface area contributed by atoms with Gasteiger partial charge in [-0.05, 0) is 116 Å². The van der Waals surface area contributed by atoms with Crippen molar-refractivity contribution in [1.29, 1.82) is 0 Å². The highest BCUT2D eigenvalue weighted by atomic mass is 28.4. The van der Waals surface area contributed by atoms with Gasteiger partial charge in [-0.1, -0.05) is 26.7 Å². The van der Waals surface area contributed by atoms with Crippen LogP contribution in [-0.4, -0.2) is 46.4 Å². The van der Waals surface area contributed by atoms with Crippen LogP contribution in [0.4, 0.5) is 16.3 Å². The van der Waals surface area contributed by atoms with Crippen LogP contribution in [0.1, 0.15) is 118 Å². The van der Waals surface area contributed by atoms with Gasteiger partial charge in [-0.3, -0.25) is 0 Å². The smallest absolute Gasteiger partial charge is 0.408 e. The highest BCUT2D eigenvalue weighted by Crippen LogP contribution is 2.67. The first-order chi connectivity index (χ1) is 20.2. The van der Waals surface area contributed by atoms with E-state index in [1.807, 2.05) is 32.9 Å². The van der Waals surface area contributed by atoms with Gasteiger partial charge in [-0.15, -0.1) is 0 Å². The molecule has 8 nitrogen and oxygen atoms in total. The minimum atomic E-state index is -1.80.